The quantitative estimate of drug-likeness (QED) is 0.624. The average Bonchev–Trinajstić information content (AvgIpc) is 2.46. The molecule has 0 fully saturated rings. The Hall–Kier alpha value is -1.79. The second kappa shape index (κ2) is 9.20. The van der Waals surface area contributed by atoms with Gasteiger partial charge in [-0.2, -0.15) is 0 Å². The van der Waals surface area contributed by atoms with Gasteiger partial charge in [0.15, 0.2) is 0 Å². The molecule has 1 atom stereocenters. The molecule has 1 aromatic carbocycles. The number of benzene rings is 1. The third kappa shape index (κ3) is 5.61. The predicted octanol–water partition coefficient (Wildman–Crippen LogP) is 3.00. The number of hydrogen-bond acceptors (Lipinski definition) is 2. The van der Waals surface area contributed by atoms with E-state index >= 15 is 0 Å². The second-order valence-electron chi connectivity index (χ2n) is 5.35. The van der Waals surface area contributed by atoms with Crippen molar-refractivity contribution in [3.63, 3.8) is 0 Å². The highest BCUT2D eigenvalue weighted by molar-refractivity contribution is 5.96. The number of rotatable bonds is 6. The van der Waals surface area contributed by atoms with Crippen LogP contribution in [0.1, 0.15) is 61.0 Å². The van der Waals surface area contributed by atoms with Gasteiger partial charge in [-0.25, -0.2) is 0 Å². The average molecular weight is 286 g/mol. The van der Waals surface area contributed by atoms with E-state index in [1.54, 1.807) is 0 Å². The smallest absolute Gasteiger partial charge is 0.251 e. The van der Waals surface area contributed by atoms with Gasteiger partial charge in [0, 0.05) is 17.2 Å². The SMILES string of the molecule is CCCCCC(C)NC(=O)c1cccc(C#CCN)c1C. The molecule has 1 amide bonds. The molecule has 1 unspecified atom stereocenters. The van der Waals surface area contributed by atoms with E-state index < -0.39 is 0 Å². The predicted molar refractivity (Wildman–Crippen MR) is 88.2 cm³/mol. The number of carbonyl (C=O) groups excluding carboxylic acids is 1. The molecule has 0 heterocycles. The van der Waals surface area contributed by atoms with Crippen molar-refractivity contribution in [2.75, 3.05) is 6.54 Å². The van der Waals surface area contributed by atoms with Crippen LogP contribution in [0.15, 0.2) is 18.2 Å². The Balaban J connectivity index is 2.74. The highest BCUT2D eigenvalue weighted by Gasteiger charge is 2.13. The van der Waals surface area contributed by atoms with Crippen LogP contribution in [0.4, 0.5) is 0 Å². The molecule has 21 heavy (non-hydrogen) atoms. The second-order valence-corrected chi connectivity index (χ2v) is 5.35. The van der Waals surface area contributed by atoms with E-state index in [-0.39, 0.29) is 11.9 Å². The summed E-state index contributed by atoms with van der Waals surface area (Å²) < 4.78 is 0. The van der Waals surface area contributed by atoms with E-state index in [4.69, 9.17) is 5.73 Å². The zero-order valence-corrected chi connectivity index (χ0v) is 13.3. The Morgan fingerprint density at radius 3 is 2.81 bits per heavy atom. The first-order valence-corrected chi connectivity index (χ1v) is 7.69. The Morgan fingerprint density at radius 1 is 1.38 bits per heavy atom. The number of hydrogen-bond donors (Lipinski definition) is 2. The minimum Gasteiger partial charge on any atom is -0.350 e. The third-order valence-electron chi connectivity index (χ3n) is 3.52. The Kier molecular flexibility index (Phi) is 7.56. The first-order chi connectivity index (χ1) is 10.1. The number of nitrogens with one attached hydrogen (secondary N) is 1. The zero-order chi connectivity index (χ0) is 15.7. The fraction of sp³-hybridized carbons (Fsp3) is 0.500. The number of nitrogens with two attached hydrogens (primary N) is 1. The van der Waals surface area contributed by atoms with E-state index in [1.807, 2.05) is 25.1 Å². The summed E-state index contributed by atoms with van der Waals surface area (Å²) in [5, 5.41) is 3.07. The molecule has 1 rings (SSSR count). The molecule has 1 aromatic rings. The lowest BCUT2D eigenvalue weighted by Gasteiger charge is -2.15. The fourth-order valence-electron chi connectivity index (χ4n) is 2.24. The topological polar surface area (TPSA) is 55.1 Å². The molecule has 0 spiro atoms. The van der Waals surface area contributed by atoms with Crippen LogP contribution in [0.5, 0.6) is 0 Å². The summed E-state index contributed by atoms with van der Waals surface area (Å²) in [4.78, 5) is 12.4. The van der Waals surface area contributed by atoms with Gasteiger partial charge in [0.05, 0.1) is 6.54 Å². The maximum Gasteiger partial charge on any atom is 0.251 e. The van der Waals surface area contributed by atoms with Gasteiger partial charge in [0.1, 0.15) is 0 Å². The molecule has 3 N–H and O–H groups in total. The Labute approximate surface area is 128 Å². The Morgan fingerprint density at radius 2 is 2.14 bits per heavy atom. The molecule has 0 aliphatic rings. The molecule has 0 aromatic heterocycles. The van der Waals surface area contributed by atoms with Gasteiger partial charge in [-0.1, -0.05) is 44.1 Å². The zero-order valence-electron chi connectivity index (χ0n) is 13.3. The van der Waals surface area contributed by atoms with Crippen LogP contribution in [0.3, 0.4) is 0 Å². The van der Waals surface area contributed by atoms with E-state index in [2.05, 4.69) is 31.0 Å². The van der Waals surface area contributed by atoms with E-state index in [1.165, 1.54) is 12.8 Å². The normalized spacial score (nSPS) is 11.4. The molecule has 114 valence electrons. The molecule has 0 bridgehead atoms. The minimum absolute atomic E-state index is 0.0205. The first-order valence-electron chi connectivity index (χ1n) is 7.69. The molecule has 0 aliphatic carbocycles. The summed E-state index contributed by atoms with van der Waals surface area (Å²) in [6, 6.07) is 5.82. The number of carbonyl (C=O) groups is 1. The van der Waals surface area contributed by atoms with Crippen LogP contribution in [-0.2, 0) is 0 Å². The summed E-state index contributed by atoms with van der Waals surface area (Å²) in [5.41, 5.74) is 7.87. The fourth-order valence-corrected chi connectivity index (χ4v) is 2.24. The van der Waals surface area contributed by atoms with Gasteiger partial charge >= 0.3 is 0 Å². The Bertz CT molecular complexity index is 526. The van der Waals surface area contributed by atoms with Crippen molar-refractivity contribution in [2.45, 2.75) is 52.5 Å². The first kappa shape index (κ1) is 17.3. The van der Waals surface area contributed by atoms with Gasteiger partial charge in [-0.05, 0) is 38.0 Å². The molecular formula is C18H26N2O. The standard InChI is InChI=1S/C18H26N2O/c1-4-5-6-9-14(2)20-18(21)17-12-7-10-16(15(17)3)11-8-13-19/h7,10,12,14H,4-6,9,13,19H2,1-3H3,(H,20,21). The summed E-state index contributed by atoms with van der Waals surface area (Å²) in [6.45, 7) is 6.49. The van der Waals surface area contributed by atoms with Crippen LogP contribution in [0.2, 0.25) is 0 Å². The molecule has 3 nitrogen and oxygen atoms in total. The van der Waals surface area contributed by atoms with Gasteiger partial charge < -0.3 is 11.1 Å². The van der Waals surface area contributed by atoms with Crippen LogP contribution in [0, 0.1) is 18.8 Å². The molecule has 0 radical (unpaired) electrons. The van der Waals surface area contributed by atoms with E-state index in [0.717, 1.165) is 24.0 Å². The molecular weight excluding hydrogens is 260 g/mol. The minimum atomic E-state index is -0.0205. The van der Waals surface area contributed by atoms with Gasteiger partial charge in [-0.3, -0.25) is 4.79 Å². The van der Waals surface area contributed by atoms with Crippen molar-refractivity contribution in [2.24, 2.45) is 5.73 Å². The molecule has 0 saturated carbocycles. The summed E-state index contributed by atoms with van der Waals surface area (Å²) in [7, 11) is 0. The lowest BCUT2D eigenvalue weighted by molar-refractivity contribution is 0.0937. The highest BCUT2D eigenvalue weighted by atomic mass is 16.1. The lowest BCUT2D eigenvalue weighted by atomic mass is 10.0. The highest BCUT2D eigenvalue weighted by Crippen LogP contribution is 2.13. The molecule has 0 aliphatic heterocycles. The van der Waals surface area contributed by atoms with Crippen molar-refractivity contribution >= 4 is 5.91 Å². The molecule has 3 heteroatoms. The number of amides is 1. The van der Waals surface area contributed by atoms with E-state index in [9.17, 15) is 4.79 Å². The third-order valence-corrected chi connectivity index (χ3v) is 3.52. The summed E-state index contributed by atoms with van der Waals surface area (Å²) >= 11 is 0. The van der Waals surface area contributed by atoms with E-state index in [0.29, 0.717) is 12.1 Å². The summed E-state index contributed by atoms with van der Waals surface area (Å²) in [5.74, 6) is 5.82. The van der Waals surface area contributed by atoms with Crippen molar-refractivity contribution in [3.8, 4) is 11.8 Å². The van der Waals surface area contributed by atoms with Crippen molar-refractivity contribution < 1.29 is 4.79 Å². The van der Waals surface area contributed by atoms with Gasteiger partial charge in [-0.15, -0.1) is 0 Å². The monoisotopic (exact) mass is 286 g/mol. The van der Waals surface area contributed by atoms with Gasteiger partial charge in [0.25, 0.3) is 5.91 Å². The van der Waals surface area contributed by atoms with Crippen molar-refractivity contribution in [1.29, 1.82) is 0 Å². The van der Waals surface area contributed by atoms with Gasteiger partial charge in [0.2, 0.25) is 0 Å². The largest absolute Gasteiger partial charge is 0.350 e. The van der Waals surface area contributed by atoms with Crippen LogP contribution in [0.25, 0.3) is 0 Å². The number of unbranched alkanes of at least 4 members (excludes halogenated alkanes) is 2. The van der Waals surface area contributed by atoms with Crippen molar-refractivity contribution in [3.05, 3.63) is 34.9 Å². The summed E-state index contributed by atoms with van der Waals surface area (Å²) in [6.07, 6.45) is 4.58. The molecule has 0 saturated heterocycles. The van der Waals surface area contributed by atoms with Crippen LogP contribution >= 0.6 is 0 Å². The van der Waals surface area contributed by atoms with Crippen LogP contribution in [-0.4, -0.2) is 18.5 Å². The maximum atomic E-state index is 12.4. The lowest BCUT2D eigenvalue weighted by Crippen LogP contribution is -2.33. The van der Waals surface area contributed by atoms with Crippen LogP contribution < -0.4 is 11.1 Å². The maximum absolute atomic E-state index is 12.4. The van der Waals surface area contributed by atoms with Crippen molar-refractivity contribution in [1.82, 2.24) is 5.32 Å².